The number of hydrogen-bond donors (Lipinski definition) is 0. The molecule has 1 saturated heterocycles. The summed E-state index contributed by atoms with van der Waals surface area (Å²) in [6.45, 7) is 9.46. The van der Waals surface area contributed by atoms with Gasteiger partial charge in [-0.1, -0.05) is 6.92 Å². The van der Waals surface area contributed by atoms with Crippen LogP contribution < -0.4 is 0 Å². The molecule has 1 rings (SSSR count). The van der Waals surface area contributed by atoms with E-state index in [4.69, 9.17) is 0 Å². The van der Waals surface area contributed by atoms with Gasteiger partial charge < -0.3 is 4.90 Å². The lowest BCUT2D eigenvalue weighted by Crippen LogP contribution is -2.42. The zero-order valence-electron chi connectivity index (χ0n) is 7.93. The monoisotopic (exact) mass is 173 g/mol. The summed E-state index contributed by atoms with van der Waals surface area (Å²) in [5.74, 6) is 0. The second kappa shape index (κ2) is 3.41. The third-order valence-electron chi connectivity index (χ3n) is 2.67. The fourth-order valence-electron chi connectivity index (χ4n) is 1.55. The Morgan fingerprint density at radius 1 is 1.27 bits per heavy atom. The van der Waals surface area contributed by atoms with Gasteiger partial charge in [0.1, 0.15) is 0 Å². The summed E-state index contributed by atoms with van der Waals surface area (Å²) in [4.78, 5) is 2.56. The highest BCUT2D eigenvalue weighted by Gasteiger charge is 2.26. The van der Waals surface area contributed by atoms with Crippen molar-refractivity contribution in [2.24, 2.45) is 0 Å². The van der Waals surface area contributed by atoms with E-state index >= 15 is 0 Å². The zero-order valence-corrected chi connectivity index (χ0v) is 9.09. The van der Waals surface area contributed by atoms with Crippen LogP contribution in [0.15, 0.2) is 0 Å². The Balaban J connectivity index is 2.36. The molecule has 0 spiro atoms. The maximum Gasteiger partial charge on any atom is 0.00386 e. The quantitative estimate of drug-likeness (QED) is 0.549. The van der Waals surface area contributed by atoms with Crippen LogP contribution in [0.3, 0.4) is 0 Å². The van der Waals surface area contributed by atoms with E-state index in [1.54, 1.807) is 0 Å². The van der Waals surface area contributed by atoms with Crippen LogP contribution in [0.5, 0.6) is 0 Å². The van der Waals surface area contributed by atoms with Crippen molar-refractivity contribution in [2.45, 2.75) is 44.8 Å². The van der Waals surface area contributed by atoms with Crippen LogP contribution in [-0.2, 0) is 0 Å². The fourth-order valence-corrected chi connectivity index (χ4v) is 1.81. The molecule has 66 valence electrons. The Morgan fingerprint density at radius 3 is 2.09 bits per heavy atom. The molecule has 2 heteroatoms. The third-order valence-corrected chi connectivity index (χ3v) is 3.25. The molecule has 1 fully saturated rings. The average molecular weight is 173 g/mol. The molecule has 1 aliphatic heterocycles. The van der Waals surface area contributed by atoms with E-state index in [1.807, 2.05) is 0 Å². The van der Waals surface area contributed by atoms with Crippen molar-refractivity contribution in [2.75, 3.05) is 13.1 Å². The van der Waals surface area contributed by atoms with Gasteiger partial charge in [-0.15, -0.1) is 9.24 Å². The van der Waals surface area contributed by atoms with Crippen molar-refractivity contribution in [3.05, 3.63) is 0 Å². The van der Waals surface area contributed by atoms with Crippen molar-refractivity contribution >= 4 is 9.24 Å². The van der Waals surface area contributed by atoms with Crippen LogP contribution in [0.25, 0.3) is 0 Å². The highest BCUT2D eigenvalue weighted by Crippen LogP contribution is 2.31. The van der Waals surface area contributed by atoms with Gasteiger partial charge in [-0.25, -0.2) is 0 Å². The van der Waals surface area contributed by atoms with Gasteiger partial charge in [0, 0.05) is 6.04 Å². The zero-order chi connectivity index (χ0) is 8.48. The lowest BCUT2D eigenvalue weighted by Gasteiger charge is -2.38. The first-order valence-electron chi connectivity index (χ1n) is 4.54. The van der Waals surface area contributed by atoms with E-state index in [1.165, 1.54) is 25.9 Å². The van der Waals surface area contributed by atoms with E-state index in [0.717, 1.165) is 6.04 Å². The van der Waals surface area contributed by atoms with Gasteiger partial charge in [-0.2, -0.15) is 0 Å². The van der Waals surface area contributed by atoms with Gasteiger partial charge in [-0.3, -0.25) is 0 Å². The maximum atomic E-state index is 2.99. The smallest absolute Gasteiger partial charge is 0.00386 e. The molecule has 0 saturated carbocycles. The first-order valence-corrected chi connectivity index (χ1v) is 5.12. The highest BCUT2D eigenvalue weighted by atomic mass is 31.0. The van der Waals surface area contributed by atoms with Gasteiger partial charge in [-0.05, 0) is 44.9 Å². The van der Waals surface area contributed by atoms with Crippen LogP contribution in [-0.4, -0.2) is 29.2 Å². The van der Waals surface area contributed by atoms with Gasteiger partial charge in [0.25, 0.3) is 0 Å². The first kappa shape index (κ1) is 9.48. The van der Waals surface area contributed by atoms with Gasteiger partial charge in [0.15, 0.2) is 0 Å². The molecule has 0 aromatic rings. The molecule has 1 atom stereocenters. The summed E-state index contributed by atoms with van der Waals surface area (Å²) in [6.07, 6.45) is 2.66. The molecule has 0 N–H and O–H groups in total. The number of likely N-dealkylation sites (tertiary alicyclic amines) is 1. The predicted molar refractivity (Wildman–Crippen MR) is 54.1 cm³/mol. The number of nitrogens with zero attached hydrogens (tertiary/aromatic N) is 1. The molecule has 1 unspecified atom stereocenters. The summed E-state index contributed by atoms with van der Waals surface area (Å²) >= 11 is 0. The molecular formula is C9H20NP. The Labute approximate surface area is 72.7 Å². The summed E-state index contributed by atoms with van der Waals surface area (Å²) in [5.41, 5.74) is 0. The Hall–Kier alpha value is 0.390. The fraction of sp³-hybridized carbons (Fsp3) is 1.00. The molecule has 0 bridgehead atoms. The second-order valence-corrected chi connectivity index (χ2v) is 5.68. The summed E-state index contributed by atoms with van der Waals surface area (Å²) in [6, 6.07) is 0.732. The topological polar surface area (TPSA) is 3.24 Å². The summed E-state index contributed by atoms with van der Waals surface area (Å²) in [7, 11) is 2.99. The van der Waals surface area contributed by atoms with Gasteiger partial charge in [0.05, 0.1) is 0 Å². The average Bonchev–Trinajstić information content (AvgIpc) is 1.86. The van der Waals surface area contributed by atoms with Crippen LogP contribution in [0, 0.1) is 0 Å². The lowest BCUT2D eigenvalue weighted by molar-refractivity contribution is 0.167. The van der Waals surface area contributed by atoms with Crippen LogP contribution >= 0.6 is 9.24 Å². The Kier molecular flexibility index (Phi) is 2.94. The van der Waals surface area contributed by atoms with Gasteiger partial charge in [0.2, 0.25) is 0 Å². The minimum Gasteiger partial charge on any atom is -0.301 e. The molecule has 0 aliphatic carbocycles. The van der Waals surface area contributed by atoms with Crippen molar-refractivity contribution in [1.29, 1.82) is 0 Å². The van der Waals surface area contributed by atoms with Crippen molar-refractivity contribution in [1.82, 2.24) is 4.90 Å². The van der Waals surface area contributed by atoms with Crippen molar-refractivity contribution in [3.63, 3.8) is 0 Å². The van der Waals surface area contributed by atoms with E-state index in [0.29, 0.717) is 5.16 Å². The molecule has 0 aromatic heterocycles. The lowest BCUT2D eigenvalue weighted by atomic mass is 9.97. The molecule has 1 heterocycles. The van der Waals surface area contributed by atoms with E-state index < -0.39 is 0 Å². The molecule has 0 radical (unpaired) electrons. The Bertz CT molecular complexity index is 122. The molecule has 11 heavy (non-hydrogen) atoms. The SMILES string of the molecule is CC(C)N1CCC(C)(P)CC1. The minimum atomic E-state index is 0.519. The van der Waals surface area contributed by atoms with Crippen molar-refractivity contribution < 1.29 is 0 Å². The minimum absolute atomic E-state index is 0.519. The number of rotatable bonds is 1. The normalized spacial score (nSPS) is 25.9. The van der Waals surface area contributed by atoms with Crippen LogP contribution in [0.2, 0.25) is 0 Å². The molecule has 1 nitrogen and oxygen atoms in total. The van der Waals surface area contributed by atoms with Gasteiger partial charge >= 0.3 is 0 Å². The van der Waals surface area contributed by atoms with Crippen molar-refractivity contribution in [3.8, 4) is 0 Å². The second-order valence-electron chi connectivity index (χ2n) is 4.28. The maximum absolute atomic E-state index is 2.99. The summed E-state index contributed by atoms with van der Waals surface area (Å²) < 4.78 is 0. The molecule has 0 aromatic carbocycles. The van der Waals surface area contributed by atoms with Crippen LogP contribution in [0.4, 0.5) is 0 Å². The third kappa shape index (κ3) is 2.72. The standard InChI is InChI=1S/C9H20NP/c1-8(2)10-6-4-9(3,11)5-7-10/h8H,4-7,11H2,1-3H3. The number of hydrogen-bond acceptors (Lipinski definition) is 1. The molecular weight excluding hydrogens is 153 g/mol. The molecule has 0 amide bonds. The van der Waals surface area contributed by atoms with E-state index in [9.17, 15) is 0 Å². The van der Waals surface area contributed by atoms with E-state index in [2.05, 4.69) is 34.9 Å². The van der Waals surface area contributed by atoms with Crippen LogP contribution in [0.1, 0.15) is 33.6 Å². The summed E-state index contributed by atoms with van der Waals surface area (Å²) in [5, 5.41) is 0.519. The van der Waals surface area contributed by atoms with E-state index in [-0.39, 0.29) is 0 Å². The Morgan fingerprint density at radius 2 is 1.73 bits per heavy atom. The predicted octanol–water partition coefficient (Wildman–Crippen LogP) is 2.12. The largest absolute Gasteiger partial charge is 0.301 e. The highest BCUT2D eigenvalue weighted by molar-refractivity contribution is 7.18. The first-order chi connectivity index (χ1) is 5.01. The number of piperidine rings is 1. The molecule has 1 aliphatic rings.